The number of aryl methyl sites for hydroxylation is 4. The van der Waals surface area contributed by atoms with Crippen molar-refractivity contribution in [3.63, 3.8) is 0 Å². The van der Waals surface area contributed by atoms with Crippen LogP contribution < -0.4 is 16.2 Å². The highest BCUT2D eigenvalue weighted by Gasteiger charge is 2.30. The fourth-order valence-electron chi connectivity index (χ4n) is 12.2. The van der Waals surface area contributed by atoms with E-state index >= 15 is 0 Å². The van der Waals surface area contributed by atoms with E-state index in [1.807, 2.05) is 39.8 Å². The summed E-state index contributed by atoms with van der Waals surface area (Å²) in [5.74, 6) is -4.44. The molecule has 0 spiro atoms. The number of aromatic carboxylic acids is 1. The van der Waals surface area contributed by atoms with Crippen molar-refractivity contribution in [1.82, 2.24) is 61.8 Å². The number of halogens is 3. The average molecular weight is 1790 g/mol. The fourth-order valence-corrected chi connectivity index (χ4v) is 16.9. The molecule has 0 saturated carbocycles. The van der Waals surface area contributed by atoms with Gasteiger partial charge in [0.1, 0.15) is 37.7 Å². The Labute approximate surface area is 712 Å². The summed E-state index contributed by atoms with van der Waals surface area (Å²) in [5.41, 5.74) is 18.7. The number of carboxylic acid groups (broad SMARTS) is 1. The molecule has 0 unspecified atom stereocenters. The van der Waals surface area contributed by atoms with Crippen LogP contribution in [0.4, 0.5) is 0 Å². The van der Waals surface area contributed by atoms with E-state index in [2.05, 4.69) is 59.3 Å². The molecular weight excluding hydrogens is 1720 g/mol. The summed E-state index contributed by atoms with van der Waals surface area (Å²) >= 11 is 17.6. The fraction of sp³-hybridized carbons (Fsp3) is 0.0976. The Morgan fingerprint density at radius 2 is 0.724 bits per heavy atom. The van der Waals surface area contributed by atoms with Crippen LogP contribution >= 0.6 is 34.8 Å². The van der Waals surface area contributed by atoms with Crippen molar-refractivity contribution in [3.05, 3.63) is 297 Å². The van der Waals surface area contributed by atoms with Gasteiger partial charge in [0, 0.05) is 136 Å². The van der Waals surface area contributed by atoms with Crippen LogP contribution in [0.25, 0.3) is 76.3 Å². The number of nitrogens with one attached hydrogen (secondary N) is 4. The Balaban J connectivity index is 0.000000142. The van der Waals surface area contributed by atoms with E-state index in [1.54, 1.807) is 85.6 Å². The standard InChI is InChI=1S/C16H13ClN2O4S.C16H15N2O5S.C16H14N2O4S.C9H9N3O.C9H8N2O2.C8H6ClN3O.C8H5ClN2O2/c1-10-3-5-11(6-4-10)24(21,22)19-8-7-12-14(19)13(16(20)23-2)9-18-15(12)17;1-11-3-5-13(6-4-11)24(21,22)18-8-7-12-9-17(20)10-14(15(12)18)16(19)23-2;1-11-3-5-13(6-4-11)23(20,21)18-8-7-12-9-17-10-14(15(12)18)16(19)22-2;1-5-6-2-3-11-8(6)7(4-12-5)9(10)13;1-13-9(12)7-5-10-4-6-2-3-11-8(6)7;9-7-4-1-2-11-6(4)5(3-12-7)8(10)13;9-7-4-1-2-10-6(4)5(3-11-7)8(12)13/h3-9H,1-2H3;3-10,20H,1-2H3;3-10H,1-2H3;2-4,11H,1H3,(H2,10,13);2-5,11H,1H3;1-3,11H,(H2,10,13);1-3,10H,(H,12,13)/q;+1;;;;;. The predicted octanol–water partition coefficient (Wildman–Crippen LogP) is 12.4. The van der Waals surface area contributed by atoms with Gasteiger partial charge in [-0.25, -0.2) is 76.1 Å². The molecule has 630 valence electrons. The van der Waals surface area contributed by atoms with Crippen molar-refractivity contribution < 1.29 is 92.8 Å². The van der Waals surface area contributed by atoms with Gasteiger partial charge >= 0.3 is 29.8 Å². The minimum atomic E-state index is -3.90. The zero-order valence-corrected chi connectivity index (χ0v) is 70.3. The number of amides is 2. The topological polar surface area (TPSA) is 510 Å². The molecule has 2 amide bonds. The molecule has 0 aliphatic rings. The zero-order valence-electron chi connectivity index (χ0n) is 65.6. The van der Waals surface area contributed by atoms with Crippen molar-refractivity contribution >= 4 is 183 Å². The summed E-state index contributed by atoms with van der Waals surface area (Å²) in [5, 5.41) is 23.7. The maximum absolute atomic E-state index is 12.9. The first kappa shape index (κ1) is 89.1. The van der Waals surface area contributed by atoms with Gasteiger partial charge in [0.15, 0.2) is 5.56 Å². The highest BCUT2D eigenvalue weighted by atomic mass is 35.5. The lowest BCUT2D eigenvalue weighted by molar-refractivity contribution is -0.904. The lowest BCUT2D eigenvalue weighted by Crippen LogP contribution is -2.30. The second-order valence-electron chi connectivity index (χ2n) is 26.1. The first-order valence-corrected chi connectivity index (χ1v) is 41.1. The highest BCUT2D eigenvalue weighted by Crippen LogP contribution is 2.33. The summed E-state index contributed by atoms with van der Waals surface area (Å²) in [7, 11) is -6.63. The van der Waals surface area contributed by atoms with Crippen LogP contribution in [0.1, 0.15) is 94.9 Å². The first-order valence-electron chi connectivity index (χ1n) is 35.6. The third kappa shape index (κ3) is 19.0. The van der Waals surface area contributed by atoms with Crippen molar-refractivity contribution in [3.8, 4) is 0 Å². The van der Waals surface area contributed by atoms with E-state index in [4.69, 9.17) is 60.9 Å². The number of hydrogen-bond donors (Lipinski definition) is 8. The van der Waals surface area contributed by atoms with Gasteiger partial charge in [-0.15, -0.1) is 0 Å². The van der Waals surface area contributed by atoms with Crippen LogP contribution in [0.5, 0.6) is 0 Å². The number of esters is 4. The molecule has 0 atom stereocenters. The van der Waals surface area contributed by atoms with Gasteiger partial charge in [0.05, 0.1) is 98.3 Å². The molecule has 0 bridgehead atoms. The summed E-state index contributed by atoms with van der Waals surface area (Å²) < 4.78 is 100.0. The molecule has 14 heterocycles. The Morgan fingerprint density at radius 3 is 1.20 bits per heavy atom. The molecule has 17 rings (SSSR count). The van der Waals surface area contributed by atoms with Gasteiger partial charge in [-0.2, -0.15) is 0 Å². The maximum Gasteiger partial charge on any atom is 0.346 e. The number of ether oxygens (including phenoxy) is 4. The number of carboxylic acids is 1. The number of benzene rings is 3. The summed E-state index contributed by atoms with van der Waals surface area (Å²) in [6.45, 7) is 7.49. The SMILES string of the molecule is COC(=O)c1c[n+](O)cc2ccn(S(=O)(=O)c3ccc(C)cc3)c12.COC(=O)c1cnc(Cl)c2ccn(S(=O)(=O)c3ccc(C)cc3)c12.COC(=O)c1cncc2cc[nH]c12.COC(=O)c1cncc2ccn(S(=O)(=O)c3ccc(C)cc3)c12.Cc1ncc(C(N)=O)c2[nH]ccc12.NC(=O)c1cnc(Cl)c2cc[nH]c12.O=C(O)c1cnc(Cl)c2cc[nH]c12. The van der Waals surface area contributed by atoms with Crippen molar-refractivity contribution in [2.75, 3.05) is 28.4 Å². The molecule has 10 N–H and O–H groups in total. The number of carbonyl (C=O) groups excluding carboxylic acids is 6. The number of fused-ring (bicyclic) bond motifs is 7. The number of nitrogens with two attached hydrogens (primary N) is 2. The molecule has 0 saturated heterocycles. The van der Waals surface area contributed by atoms with E-state index < -0.39 is 65.8 Å². The molecule has 17 aromatic rings. The van der Waals surface area contributed by atoms with Crippen molar-refractivity contribution in [2.24, 2.45) is 11.5 Å². The van der Waals surface area contributed by atoms with Crippen LogP contribution in [-0.4, -0.2) is 167 Å². The van der Waals surface area contributed by atoms with Gasteiger partial charge in [-0.05, 0) is 107 Å². The minimum Gasteiger partial charge on any atom is -0.478 e. The van der Waals surface area contributed by atoms with Crippen LogP contribution in [0, 0.1) is 27.7 Å². The normalized spacial score (nSPS) is 11.1. The number of rotatable bonds is 13. The molecule has 0 aliphatic heterocycles. The number of carbonyl (C=O) groups is 7. The number of primary amides is 2. The van der Waals surface area contributed by atoms with E-state index in [0.29, 0.717) is 69.7 Å². The van der Waals surface area contributed by atoms with Gasteiger partial charge in [-0.1, -0.05) is 87.9 Å². The molecule has 14 aromatic heterocycles. The van der Waals surface area contributed by atoms with Gasteiger partial charge in [0.25, 0.3) is 41.9 Å². The first-order chi connectivity index (χ1) is 58.6. The van der Waals surface area contributed by atoms with E-state index in [-0.39, 0.29) is 64.6 Å². The number of H-pyrrole nitrogens is 4. The molecule has 35 nitrogen and oxygen atoms in total. The minimum absolute atomic E-state index is 0.0255. The molecular formula is C82H70Cl3N16O19S3+. The summed E-state index contributed by atoms with van der Waals surface area (Å²) in [6, 6.07) is 31.1. The third-order valence-corrected chi connectivity index (χ3v) is 24.3. The number of pyridine rings is 7. The largest absolute Gasteiger partial charge is 0.478 e. The summed E-state index contributed by atoms with van der Waals surface area (Å²) in [4.78, 5) is 115. The van der Waals surface area contributed by atoms with E-state index in [1.165, 1.54) is 145 Å². The average Bonchev–Trinajstić information content (AvgIpc) is 1.62. The Bertz CT molecular complexity index is 7100. The Morgan fingerprint density at radius 1 is 0.374 bits per heavy atom. The number of hydrogen-bond acceptors (Lipinski definition) is 24. The van der Waals surface area contributed by atoms with Crippen LogP contribution in [0.3, 0.4) is 0 Å². The number of aromatic nitrogens is 14. The van der Waals surface area contributed by atoms with Crippen molar-refractivity contribution in [2.45, 2.75) is 42.4 Å². The number of nitrogens with zero attached hydrogens (tertiary/aromatic N) is 10. The quantitative estimate of drug-likeness (QED) is 0.0175. The lowest BCUT2D eigenvalue weighted by atomic mass is 10.1. The van der Waals surface area contributed by atoms with E-state index in [9.17, 15) is 64.0 Å². The highest BCUT2D eigenvalue weighted by molar-refractivity contribution is 7.90. The Hall–Kier alpha value is -14.7. The number of methoxy groups -OCH3 is 4. The third-order valence-electron chi connectivity index (χ3n) is 18.3. The smallest absolute Gasteiger partial charge is 0.346 e. The van der Waals surface area contributed by atoms with Crippen LogP contribution in [0.15, 0.2) is 235 Å². The second-order valence-corrected chi connectivity index (χ2v) is 32.6. The molecule has 0 fully saturated rings. The number of aromatic amines is 4. The van der Waals surface area contributed by atoms with Crippen LogP contribution in [-0.2, 0) is 49.0 Å². The molecule has 0 radical (unpaired) electrons. The molecule has 3 aromatic carbocycles. The van der Waals surface area contributed by atoms with E-state index in [0.717, 1.165) is 62.3 Å². The zero-order chi connectivity index (χ0) is 89.1. The van der Waals surface area contributed by atoms with Gasteiger partial charge < -0.3 is 55.5 Å². The molecule has 0 aliphatic carbocycles. The van der Waals surface area contributed by atoms with Crippen molar-refractivity contribution in [1.29, 1.82) is 0 Å². The molecule has 41 heteroatoms. The Kier molecular flexibility index (Phi) is 27.3. The molecule has 123 heavy (non-hydrogen) atoms. The monoisotopic (exact) mass is 1780 g/mol. The predicted molar refractivity (Wildman–Crippen MR) is 454 cm³/mol. The van der Waals surface area contributed by atoms with Crippen LogP contribution in [0.2, 0.25) is 15.5 Å². The summed E-state index contributed by atoms with van der Waals surface area (Å²) in [6.07, 6.45) is 24.7. The second kappa shape index (κ2) is 37.7. The van der Waals surface area contributed by atoms with Gasteiger partial charge in [-0.3, -0.25) is 29.7 Å². The van der Waals surface area contributed by atoms with Gasteiger partial charge in [0.2, 0.25) is 12.4 Å². The lowest BCUT2D eigenvalue weighted by Gasteiger charge is -2.10. The maximum atomic E-state index is 12.9.